The Balaban J connectivity index is 1.63. The highest BCUT2D eigenvalue weighted by molar-refractivity contribution is 6.36. The Morgan fingerprint density at radius 1 is 0.450 bits per heavy atom. The van der Waals surface area contributed by atoms with Gasteiger partial charge in [0.2, 0.25) is 0 Å². The van der Waals surface area contributed by atoms with Crippen LogP contribution >= 0.6 is 0 Å². The molecule has 0 radical (unpaired) electrons. The molecule has 2 nitrogen and oxygen atoms in total. The Labute approximate surface area is 227 Å². The molecule has 0 N–H and O–H groups in total. The van der Waals surface area contributed by atoms with Gasteiger partial charge >= 0.3 is 6.18 Å². The molecule has 0 bridgehead atoms. The van der Waals surface area contributed by atoms with E-state index >= 15 is 0 Å². The number of halogens is 3. The molecule has 0 spiro atoms. The molecule has 1 aliphatic carbocycles. The van der Waals surface area contributed by atoms with Gasteiger partial charge in [-0.15, -0.1) is 0 Å². The number of rotatable bonds is 2. The first-order chi connectivity index (χ1) is 19.3. The van der Waals surface area contributed by atoms with Gasteiger partial charge in [0.15, 0.2) is 11.6 Å². The Morgan fingerprint density at radius 3 is 1.35 bits per heavy atom. The first-order valence-corrected chi connectivity index (χ1v) is 12.8. The van der Waals surface area contributed by atoms with Crippen molar-refractivity contribution >= 4 is 33.1 Å². The fourth-order valence-corrected chi connectivity index (χ4v) is 5.81. The van der Waals surface area contributed by atoms with Gasteiger partial charge in [0, 0.05) is 33.4 Å². The summed E-state index contributed by atoms with van der Waals surface area (Å²) < 4.78 is 40.2. The van der Waals surface area contributed by atoms with E-state index in [9.17, 15) is 22.8 Å². The van der Waals surface area contributed by atoms with Crippen molar-refractivity contribution in [1.29, 1.82) is 0 Å². The number of carbonyl (C=O) groups is 2. The third-order valence-corrected chi connectivity index (χ3v) is 7.61. The molecule has 6 aromatic carbocycles. The number of carbonyl (C=O) groups excluding carboxylic acids is 2. The third-order valence-electron chi connectivity index (χ3n) is 7.61. The van der Waals surface area contributed by atoms with E-state index in [4.69, 9.17) is 0 Å². The van der Waals surface area contributed by atoms with Crippen LogP contribution in [0.2, 0.25) is 0 Å². The summed E-state index contributed by atoms with van der Waals surface area (Å²) >= 11 is 0. The molecule has 1 aliphatic rings. The van der Waals surface area contributed by atoms with Crippen molar-refractivity contribution in [2.24, 2.45) is 0 Å². The molecule has 40 heavy (non-hydrogen) atoms. The Kier molecular flexibility index (Phi) is 5.26. The predicted molar refractivity (Wildman–Crippen MR) is 151 cm³/mol. The lowest BCUT2D eigenvalue weighted by Gasteiger charge is -2.26. The Bertz CT molecular complexity index is 2000. The van der Waals surface area contributed by atoms with Crippen LogP contribution in [0.5, 0.6) is 0 Å². The van der Waals surface area contributed by atoms with Gasteiger partial charge in [-0.3, -0.25) is 9.59 Å². The minimum atomic E-state index is -4.50. The summed E-state index contributed by atoms with van der Waals surface area (Å²) in [4.78, 5) is 28.8. The summed E-state index contributed by atoms with van der Waals surface area (Å²) in [5.41, 5.74) is 2.62. The van der Waals surface area contributed by atoms with E-state index in [0.29, 0.717) is 33.2 Å². The molecule has 0 aromatic heterocycles. The van der Waals surface area contributed by atoms with Crippen LogP contribution in [0.1, 0.15) is 37.4 Å². The molecule has 6 aromatic rings. The summed E-state index contributed by atoms with van der Waals surface area (Å²) in [7, 11) is 0. The maximum absolute atomic E-state index is 14.4. The minimum Gasteiger partial charge on any atom is -0.289 e. The van der Waals surface area contributed by atoms with Gasteiger partial charge in [0.25, 0.3) is 0 Å². The molecule has 7 rings (SSSR count). The second-order valence-corrected chi connectivity index (χ2v) is 9.89. The number of alkyl halides is 3. The summed E-state index contributed by atoms with van der Waals surface area (Å²) in [6.45, 7) is 0. The lowest BCUT2D eigenvalue weighted by atomic mass is 9.74. The van der Waals surface area contributed by atoms with Crippen LogP contribution < -0.4 is 0 Å². The van der Waals surface area contributed by atoms with Gasteiger partial charge in [-0.2, -0.15) is 13.2 Å². The number of fused-ring (bicyclic) bond motifs is 4. The zero-order chi connectivity index (χ0) is 27.6. The second-order valence-electron chi connectivity index (χ2n) is 9.89. The molecule has 5 heteroatoms. The van der Waals surface area contributed by atoms with E-state index in [1.165, 1.54) is 12.1 Å². The van der Waals surface area contributed by atoms with E-state index in [1.807, 2.05) is 78.9 Å². The fraction of sp³-hybridized carbons (Fsp3) is 0.0286. The Morgan fingerprint density at radius 2 is 0.875 bits per heavy atom. The highest BCUT2D eigenvalue weighted by atomic mass is 19.4. The van der Waals surface area contributed by atoms with Gasteiger partial charge in [-0.25, -0.2) is 0 Å². The number of ketones is 2. The minimum absolute atomic E-state index is 0.213. The third kappa shape index (κ3) is 3.58. The molecule has 0 amide bonds. The highest BCUT2D eigenvalue weighted by Crippen LogP contribution is 2.46. The van der Waals surface area contributed by atoms with Crippen molar-refractivity contribution < 1.29 is 22.8 Å². The van der Waals surface area contributed by atoms with E-state index < -0.39 is 11.7 Å². The maximum atomic E-state index is 14.4. The van der Waals surface area contributed by atoms with Gasteiger partial charge in [-0.05, 0) is 56.9 Å². The van der Waals surface area contributed by atoms with Gasteiger partial charge < -0.3 is 0 Å². The molecule has 0 atom stereocenters. The van der Waals surface area contributed by atoms with Gasteiger partial charge in [0.1, 0.15) is 0 Å². The lowest BCUT2D eigenvalue weighted by Crippen LogP contribution is -2.23. The maximum Gasteiger partial charge on any atom is 0.416 e. The van der Waals surface area contributed by atoms with Gasteiger partial charge in [-0.1, -0.05) is 91.0 Å². The molecule has 0 fully saturated rings. The molecule has 0 aliphatic heterocycles. The van der Waals surface area contributed by atoms with E-state index in [0.717, 1.165) is 33.9 Å². The number of hydrogen-bond donors (Lipinski definition) is 0. The quantitative estimate of drug-likeness (QED) is 0.224. The molecule has 0 unspecified atom stereocenters. The van der Waals surface area contributed by atoms with Crippen molar-refractivity contribution in [2.45, 2.75) is 6.18 Å². The van der Waals surface area contributed by atoms with Crippen LogP contribution in [-0.2, 0) is 6.18 Å². The van der Waals surface area contributed by atoms with Crippen molar-refractivity contribution in [2.75, 3.05) is 0 Å². The zero-order valence-corrected chi connectivity index (χ0v) is 20.9. The van der Waals surface area contributed by atoms with E-state index in [1.54, 1.807) is 12.1 Å². The molecular weight excluding hydrogens is 509 g/mol. The summed E-state index contributed by atoms with van der Waals surface area (Å²) in [5, 5.41) is 3.10. The normalized spacial score (nSPS) is 13.0. The first kappa shape index (κ1) is 24.0. The van der Waals surface area contributed by atoms with Crippen LogP contribution in [0.25, 0.3) is 43.8 Å². The van der Waals surface area contributed by atoms with Gasteiger partial charge in [0.05, 0.1) is 5.56 Å². The van der Waals surface area contributed by atoms with Crippen LogP contribution in [0.3, 0.4) is 0 Å². The monoisotopic (exact) mass is 528 g/mol. The van der Waals surface area contributed by atoms with E-state index in [2.05, 4.69) is 0 Å². The van der Waals surface area contributed by atoms with Crippen LogP contribution in [0.15, 0.2) is 115 Å². The Hall–Kier alpha value is -5.03. The summed E-state index contributed by atoms with van der Waals surface area (Å²) in [5.74, 6) is -0.610. The standard InChI is InChI=1S/C35H19F3O2/c36-35(37,38)24-16-14-21(15-17-24)30-26-13-7-6-12-25(26)29(20-8-2-1-3-9-20)31-32(30)34(40)28-19-23-11-5-4-10-22(23)18-27(28)33(31)39/h1-19H. The van der Waals surface area contributed by atoms with Crippen molar-refractivity contribution in [3.8, 4) is 22.3 Å². The van der Waals surface area contributed by atoms with Crippen LogP contribution in [0, 0.1) is 0 Å². The summed E-state index contributed by atoms with van der Waals surface area (Å²) in [6, 6.07) is 32.6. The number of hydrogen-bond acceptors (Lipinski definition) is 2. The largest absolute Gasteiger partial charge is 0.416 e. The molecular formula is C35H19F3O2. The SMILES string of the molecule is O=C1c2cc3ccccc3cc2C(=O)c2c1c(-c1ccccc1)c1ccccc1c2-c1ccc(C(F)(F)F)cc1. The van der Waals surface area contributed by atoms with Crippen molar-refractivity contribution in [1.82, 2.24) is 0 Å². The van der Waals surface area contributed by atoms with Crippen LogP contribution in [-0.4, -0.2) is 11.6 Å². The predicted octanol–water partition coefficient (Wildman–Crippen LogP) is 9.12. The molecule has 0 saturated heterocycles. The highest BCUT2D eigenvalue weighted by Gasteiger charge is 2.37. The topological polar surface area (TPSA) is 34.1 Å². The smallest absolute Gasteiger partial charge is 0.289 e. The average Bonchev–Trinajstić information content (AvgIpc) is 2.98. The fourth-order valence-electron chi connectivity index (χ4n) is 5.81. The van der Waals surface area contributed by atoms with E-state index in [-0.39, 0.29) is 22.7 Å². The number of benzene rings is 6. The second kappa shape index (κ2) is 8.75. The zero-order valence-electron chi connectivity index (χ0n) is 20.9. The molecule has 0 saturated carbocycles. The molecule has 192 valence electrons. The van der Waals surface area contributed by atoms with Crippen molar-refractivity contribution in [3.63, 3.8) is 0 Å². The average molecular weight is 529 g/mol. The molecule has 0 heterocycles. The summed E-state index contributed by atoms with van der Waals surface area (Å²) in [6.07, 6.45) is -4.50. The lowest BCUT2D eigenvalue weighted by molar-refractivity contribution is -0.137. The van der Waals surface area contributed by atoms with Crippen molar-refractivity contribution in [3.05, 3.63) is 143 Å². The van der Waals surface area contributed by atoms with Crippen LogP contribution in [0.4, 0.5) is 13.2 Å². The first-order valence-electron chi connectivity index (χ1n) is 12.8.